The minimum Gasteiger partial charge on any atom is -0.369 e. The third-order valence-corrected chi connectivity index (χ3v) is 6.12. The van der Waals surface area contributed by atoms with E-state index in [1.807, 2.05) is 18.3 Å². The lowest BCUT2D eigenvalue weighted by molar-refractivity contribution is -0.158. The number of aromatic nitrogens is 1. The number of hydrogen-bond acceptors (Lipinski definition) is 6. The lowest BCUT2D eigenvalue weighted by Gasteiger charge is -2.36. The molecular formula is C20H25FN4O2S. The number of nitrogens with zero attached hydrogens (tertiary/aromatic N) is 4. The van der Waals surface area contributed by atoms with Crippen molar-refractivity contribution in [2.75, 3.05) is 36.8 Å². The maximum absolute atomic E-state index is 13.1. The Labute approximate surface area is 169 Å². The van der Waals surface area contributed by atoms with Gasteiger partial charge in [0.1, 0.15) is 5.82 Å². The van der Waals surface area contributed by atoms with Crippen LogP contribution < -0.4 is 4.90 Å². The van der Waals surface area contributed by atoms with Gasteiger partial charge in [0.05, 0.1) is 6.04 Å². The van der Waals surface area contributed by atoms with E-state index in [2.05, 4.69) is 14.2 Å². The highest BCUT2D eigenvalue weighted by Gasteiger charge is 2.21. The zero-order valence-corrected chi connectivity index (χ0v) is 16.5. The number of pyridine rings is 1. The van der Waals surface area contributed by atoms with Crippen LogP contribution in [0, 0.1) is 5.82 Å². The summed E-state index contributed by atoms with van der Waals surface area (Å²) in [6.45, 7) is 3.44. The first-order valence-electron chi connectivity index (χ1n) is 9.35. The fourth-order valence-electron chi connectivity index (χ4n) is 3.18. The Morgan fingerprint density at radius 1 is 1.21 bits per heavy atom. The molecule has 0 saturated carbocycles. The van der Waals surface area contributed by atoms with Gasteiger partial charge in [-0.05, 0) is 48.7 Å². The van der Waals surface area contributed by atoms with Gasteiger partial charge in [-0.3, -0.25) is 15.0 Å². The Bertz CT molecular complexity index is 727. The van der Waals surface area contributed by atoms with Crippen molar-refractivity contribution in [2.45, 2.75) is 18.9 Å². The quantitative estimate of drug-likeness (QED) is 0.300. The summed E-state index contributed by atoms with van der Waals surface area (Å²) in [6, 6.07) is 10.2. The van der Waals surface area contributed by atoms with Gasteiger partial charge >= 0.3 is 0 Å². The van der Waals surface area contributed by atoms with Gasteiger partial charge in [0.25, 0.3) is 0 Å². The Balaban J connectivity index is 1.45. The van der Waals surface area contributed by atoms with E-state index in [1.54, 1.807) is 30.3 Å². The van der Waals surface area contributed by atoms with Crippen molar-refractivity contribution < 1.29 is 14.4 Å². The fourth-order valence-corrected chi connectivity index (χ4v) is 4.30. The molecule has 1 aliphatic heterocycles. The highest BCUT2D eigenvalue weighted by Crippen LogP contribution is 2.22. The molecule has 1 aliphatic rings. The van der Waals surface area contributed by atoms with Gasteiger partial charge in [0.2, 0.25) is 6.41 Å². The molecule has 8 heteroatoms. The molecule has 150 valence electrons. The van der Waals surface area contributed by atoms with E-state index in [9.17, 15) is 14.4 Å². The molecule has 1 fully saturated rings. The average Bonchev–Trinajstić information content (AvgIpc) is 2.75. The average molecular weight is 405 g/mol. The summed E-state index contributed by atoms with van der Waals surface area (Å²) in [5.41, 5.74) is 2.12. The molecule has 6 nitrogen and oxygen atoms in total. The van der Waals surface area contributed by atoms with Crippen molar-refractivity contribution in [3.05, 3.63) is 60.2 Å². The number of benzene rings is 1. The normalized spacial score (nSPS) is 16.0. The number of carbonyl (C=O) groups is 1. The third-order valence-electron chi connectivity index (χ3n) is 4.85. The smallest absolute Gasteiger partial charge is 0.233 e. The van der Waals surface area contributed by atoms with E-state index in [-0.39, 0.29) is 11.9 Å². The largest absolute Gasteiger partial charge is 0.369 e. The first kappa shape index (κ1) is 20.6. The van der Waals surface area contributed by atoms with Gasteiger partial charge in [0.15, 0.2) is 0 Å². The number of aryl methyl sites for hydroxylation is 1. The van der Waals surface area contributed by atoms with Crippen molar-refractivity contribution in [3.63, 3.8) is 0 Å². The maximum atomic E-state index is 13.1. The van der Waals surface area contributed by atoms with Gasteiger partial charge in [-0.1, -0.05) is 18.0 Å². The van der Waals surface area contributed by atoms with Crippen LogP contribution in [-0.2, 0) is 11.2 Å². The fraction of sp³-hybridized carbons (Fsp3) is 0.400. The molecule has 1 saturated heterocycles. The van der Waals surface area contributed by atoms with Crippen LogP contribution in [0.2, 0.25) is 0 Å². The molecule has 28 heavy (non-hydrogen) atoms. The lowest BCUT2D eigenvalue weighted by Crippen LogP contribution is -2.44. The van der Waals surface area contributed by atoms with Gasteiger partial charge in [-0.15, -0.1) is 0 Å². The van der Waals surface area contributed by atoms with Crippen LogP contribution in [0.4, 0.5) is 10.1 Å². The van der Waals surface area contributed by atoms with Crippen LogP contribution in [-0.4, -0.2) is 63.9 Å². The van der Waals surface area contributed by atoms with Crippen molar-refractivity contribution in [3.8, 4) is 0 Å². The van der Waals surface area contributed by atoms with E-state index < -0.39 is 0 Å². The van der Waals surface area contributed by atoms with Crippen LogP contribution in [0.1, 0.15) is 12.0 Å². The number of halogens is 1. The second-order valence-corrected chi connectivity index (χ2v) is 7.84. The molecule has 1 atom stereocenters. The maximum Gasteiger partial charge on any atom is 0.233 e. The van der Waals surface area contributed by atoms with Crippen LogP contribution in [0.3, 0.4) is 0 Å². The van der Waals surface area contributed by atoms with E-state index >= 15 is 0 Å². The summed E-state index contributed by atoms with van der Waals surface area (Å²) in [6.07, 6.45) is 5.43. The first-order valence-corrected chi connectivity index (χ1v) is 10.3. The summed E-state index contributed by atoms with van der Waals surface area (Å²) in [4.78, 5) is 17.4. The van der Waals surface area contributed by atoms with Crippen molar-refractivity contribution in [1.82, 2.24) is 14.4 Å². The summed E-state index contributed by atoms with van der Waals surface area (Å²) in [5.74, 6) is 0.408. The minimum absolute atomic E-state index is 0.223. The van der Waals surface area contributed by atoms with E-state index in [1.165, 1.54) is 12.1 Å². The van der Waals surface area contributed by atoms with Crippen molar-refractivity contribution in [2.24, 2.45) is 0 Å². The molecule has 0 aliphatic carbocycles. The molecule has 2 heterocycles. The molecule has 0 bridgehead atoms. The predicted octanol–water partition coefficient (Wildman–Crippen LogP) is 2.84. The molecule has 1 N–H and O–H groups in total. The Hall–Kier alpha value is -2.16. The Kier molecular flexibility index (Phi) is 7.64. The minimum atomic E-state index is -0.252. The molecule has 1 amide bonds. The van der Waals surface area contributed by atoms with Crippen LogP contribution in [0.5, 0.6) is 0 Å². The Morgan fingerprint density at radius 3 is 2.61 bits per heavy atom. The topological polar surface area (TPSA) is 59.9 Å². The molecular weight excluding hydrogens is 379 g/mol. The van der Waals surface area contributed by atoms with Crippen LogP contribution in [0.25, 0.3) is 0 Å². The summed E-state index contributed by atoms with van der Waals surface area (Å²) in [7, 11) is 0. The Morgan fingerprint density at radius 2 is 1.96 bits per heavy atom. The standard InChI is InChI=1S/C20H25FN4O2S/c21-18-4-7-19(8-5-18)23-10-12-24(13-11-23)28-15-20(25(27)16-26)6-3-17-2-1-9-22-14-17/h1-2,4-5,7-9,14,16,20,27H,3,6,10-13,15H2. The van der Waals surface area contributed by atoms with E-state index in [0.29, 0.717) is 18.6 Å². The zero-order valence-electron chi connectivity index (χ0n) is 15.7. The molecule has 0 radical (unpaired) electrons. The number of carbonyl (C=O) groups excluding carboxylic acids is 1. The molecule has 1 aromatic heterocycles. The highest BCUT2D eigenvalue weighted by molar-refractivity contribution is 7.97. The first-order chi connectivity index (χ1) is 13.7. The molecule has 3 rings (SSSR count). The second-order valence-electron chi connectivity index (χ2n) is 6.73. The monoisotopic (exact) mass is 404 g/mol. The van der Waals surface area contributed by atoms with Gasteiger partial charge in [-0.25, -0.2) is 13.8 Å². The third kappa shape index (κ3) is 5.92. The number of hydrogen-bond donors (Lipinski definition) is 1. The van der Waals surface area contributed by atoms with Gasteiger partial charge in [0, 0.05) is 50.0 Å². The number of anilines is 1. The van der Waals surface area contributed by atoms with E-state index in [0.717, 1.165) is 48.9 Å². The zero-order chi connectivity index (χ0) is 19.8. The molecule has 1 aromatic carbocycles. The van der Waals surface area contributed by atoms with Crippen LogP contribution in [0.15, 0.2) is 48.8 Å². The van der Waals surface area contributed by atoms with Crippen LogP contribution >= 0.6 is 11.9 Å². The van der Waals surface area contributed by atoms with Crippen molar-refractivity contribution >= 4 is 24.0 Å². The number of hydroxylamine groups is 2. The SMILES string of the molecule is O=CN(O)C(CCc1cccnc1)CSN1CCN(c2ccc(F)cc2)CC1. The number of rotatable bonds is 9. The van der Waals surface area contributed by atoms with Gasteiger partial charge in [-0.2, -0.15) is 0 Å². The van der Waals surface area contributed by atoms with Gasteiger partial charge < -0.3 is 4.90 Å². The number of amides is 1. The summed E-state index contributed by atoms with van der Waals surface area (Å²) < 4.78 is 15.3. The molecule has 0 spiro atoms. The number of piperazine rings is 1. The highest BCUT2D eigenvalue weighted by atomic mass is 32.2. The second kappa shape index (κ2) is 10.4. The lowest BCUT2D eigenvalue weighted by atomic mass is 10.1. The predicted molar refractivity (Wildman–Crippen MR) is 109 cm³/mol. The molecule has 1 unspecified atom stereocenters. The van der Waals surface area contributed by atoms with E-state index in [4.69, 9.17) is 0 Å². The summed E-state index contributed by atoms with van der Waals surface area (Å²) >= 11 is 1.65. The summed E-state index contributed by atoms with van der Waals surface area (Å²) in [5, 5.41) is 10.7. The molecule has 2 aromatic rings. The van der Waals surface area contributed by atoms with Crippen molar-refractivity contribution in [1.29, 1.82) is 0 Å².